The Morgan fingerprint density at radius 1 is 0.893 bits per heavy atom. The van der Waals surface area contributed by atoms with E-state index in [1.54, 1.807) is 4.82 Å². The summed E-state index contributed by atoms with van der Waals surface area (Å²) in [5, 5.41) is 0. The van der Waals surface area contributed by atoms with Gasteiger partial charge in [-0.05, 0) is 6.42 Å². The third-order valence-corrected chi connectivity index (χ3v) is 13.5. The Balaban J connectivity index is 0.00000280. The molecule has 0 unspecified atom stereocenters. The summed E-state index contributed by atoms with van der Waals surface area (Å²) in [6, 6.07) is 21.7. The normalized spacial score (nSPS) is 15.4. The van der Waals surface area contributed by atoms with Crippen molar-refractivity contribution in [2.75, 3.05) is 0 Å². The summed E-state index contributed by atoms with van der Waals surface area (Å²) in [4.78, 5) is 1.64. The van der Waals surface area contributed by atoms with Gasteiger partial charge in [-0.15, -0.1) is 39.6 Å². The molecule has 0 saturated heterocycles. The van der Waals surface area contributed by atoms with Crippen LogP contribution in [0, 0.1) is 17.2 Å². The van der Waals surface area contributed by atoms with Crippen molar-refractivity contribution in [1.29, 1.82) is 0 Å². The molecule has 3 heteroatoms. The van der Waals surface area contributed by atoms with E-state index in [9.17, 15) is 0 Å². The summed E-state index contributed by atoms with van der Waals surface area (Å²) >= 11 is 0. The molecule has 0 aliphatic carbocycles. The van der Waals surface area contributed by atoms with Gasteiger partial charge in [-0.25, -0.2) is 5.70 Å². The monoisotopic (exact) mass is 392 g/mol. The minimum atomic E-state index is -1.87. The molecule has 1 aliphatic rings. The van der Waals surface area contributed by atoms with Gasteiger partial charge < -0.3 is 0 Å². The quantitative estimate of drug-likeness (QED) is 0.423. The number of allylic oxidation sites excluding steroid dienone is 2. The SMILES string of the molecule is CCCC#C[Si](C)(C)C1=C(c2ccccc2)C(c2ccccc2)=[C-][Si]1(C)C.[Li+]. The van der Waals surface area contributed by atoms with Gasteiger partial charge in [0.2, 0.25) is 0 Å². The fraction of sp³-hybridized carbons (Fsp3) is 0.280. The van der Waals surface area contributed by atoms with E-state index in [1.165, 1.54) is 22.3 Å². The maximum absolute atomic E-state index is 3.99. The average molecular weight is 393 g/mol. The second-order valence-electron chi connectivity index (χ2n) is 8.28. The van der Waals surface area contributed by atoms with E-state index < -0.39 is 16.1 Å². The molecule has 138 valence electrons. The Kier molecular flexibility index (Phi) is 7.60. The number of benzene rings is 2. The number of rotatable bonds is 4. The van der Waals surface area contributed by atoms with Crippen molar-refractivity contribution in [3.63, 3.8) is 0 Å². The Bertz CT molecular complexity index is 927. The van der Waals surface area contributed by atoms with Crippen LogP contribution in [0.2, 0.25) is 26.2 Å². The van der Waals surface area contributed by atoms with Crippen LogP contribution >= 0.6 is 0 Å². The smallest absolute Gasteiger partial charge is 0.202 e. The topological polar surface area (TPSA) is 0 Å². The Labute approximate surface area is 185 Å². The first-order chi connectivity index (χ1) is 12.9. The number of unbranched alkanes of at least 4 members (excludes halogenated alkanes) is 1. The van der Waals surface area contributed by atoms with Gasteiger partial charge >= 0.3 is 18.9 Å². The zero-order valence-corrected chi connectivity index (χ0v) is 20.2. The Morgan fingerprint density at radius 2 is 1.43 bits per heavy atom. The third-order valence-electron chi connectivity index (χ3n) is 5.09. The molecule has 0 nitrogen and oxygen atoms in total. The maximum Gasteiger partial charge on any atom is 1.00 e. The molecule has 0 fully saturated rings. The van der Waals surface area contributed by atoms with E-state index in [0.717, 1.165) is 12.8 Å². The molecule has 0 radical (unpaired) electrons. The van der Waals surface area contributed by atoms with E-state index >= 15 is 0 Å². The van der Waals surface area contributed by atoms with Crippen molar-refractivity contribution in [2.45, 2.75) is 46.0 Å². The van der Waals surface area contributed by atoms with Gasteiger partial charge in [-0.3, -0.25) is 0 Å². The van der Waals surface area contributed by atoms with E-state index in [4.69, 9.17) is 0 Å². The molecule has 0 N–H and O–H groups in total. The molecule has 28 heavy (non-hydrogen) atoms. The molecular formula is C25H29LiSi2. The fourth-order valence-electron chi connectivity index (χ4n) is 4.15. The van der Waals surface area contributed by atoms with Gasteiger partial charge in [0.15, 0.2) is 0 Å². The molecule has 0 spiro atoms. The zero-order chi connectivity index (χ0) is 19.5. The summed E-state index contributed by atoms with van der Waals surface area (Å²) in [7, 11) is -3.67. The molecule has 2 aromatic rings. The van der Waals surface area contributed by atoms with Crippen LogP contribution in [0.1, 0.15) is 30.9 Å². The van der Waals surface area contributed by atoms with Crippen LogP contribution in [-0.4, -0.2) is 16.1 Å². The number of hydrogen-bond donors (Lipinski definition) is 0. The van der Waals surface area contributed by atoms with E-state index in [2.05, 4.69) is 111 Å². The van der Waals surface area contributed by atoms with Crippen molar-refractivity contribution in [1.82, 2.24) is 0 Å². The molecule has 0 atom stereocenters. The van der Waals surface area contributed by atoms with Gasteiger partial charge in [0.05, 0.1) is 0 Å². The summed E-state index contributed by atoms with van der Waals surface area (Å²) in [6.07, 6.45) is 2.12. The predicted molar refractivity (Wildman–Crippen MR) is 124 cm³/mol. The van der Waals surface area contributed by atoms with Gasteiger partial charge in [0, 0.05) is 14.5 Å². The minimum absolute atomic E-state index is 0. The van der Waals surface area contributed by atoms with Gasteiger partial charge in [0.1, 0.15) is 8.07 Å². The summed E-state index contributed by atoms with van der Waals surface area (Å²) in [5.41, 5.74) is 13.0. The Morgan fingerprint density at radius 3 is 1.96 bits per heavy atom. The van der Waals surface area contributed by atoms with E-state index in [-0.39, 0.29) is 18.9 Å². The third kappa shape index (κ3) is 4.73. The first-order valence-electron chi connectivity index (χ1n) is 9.88. The molecule has 3 rings (SSSR count). The predicted octanol–water partition coefficient (Wildman–Crippen LogP) is 3.72. The van der Waals surface area contributed by atoms with E-state index in [1.807, 2.05) is 0 Å². The second kappa shape index (κ2) is 9.34. The average Bonchev–Trinajstić information content (AvgIpc) is 2.95. The van der Waals surface area contributed by atoms with Gasteiger partial charge in [-0.2, -0.15) is 5.57 Å². The molecule has 1 heterocycles. The Hall–Kier alpha value is -1.49. The van der Waals surface area contributed by atoms with Crippen molar-refractivity contribution in [2.24, 2.45) is 0 Å². The molecule has 2 aromatic carbocycles. The minimum Gasteiger partial charge on any atom is -0.202 e. The molecule has 0 aromatic heterocycles. The standard InChI is InChI=1S/C25H29Si2.Li/c1-6-7-14-19-26(2,3)25-24(22-17-12-9-13-18-22)23(20-27(25,4)5)21-15-10-8-11-16-21;/h8-13,15-18H,6-7H2,1-5H3;/q-1;+1. The summed E-state index contributed by atoms with van der Waals surface area (Å²) < 4.78 is 0. The van der Waals surface area contributed by atoms with Crippen molar-refractivity contribution >= 4 is 27.3 Å². The zero-order valence-electron chi connectivity index (χ0n) is 18.2. The molecule has 0 amide bonds. The van der Waals surface area contributed by atoms with Crippen LogP contribution in [0.3, 0.4) is 0 Å². The maximum atomic E-state index is 3.99. The molecule has 0 bridgehead atoms. The van der Waals surface area contributed by atoms with E-state index in [0.29, 0.717) is 0 Å². The van der Waals surface area contributed by atoms with Crippen LogP contribution in [-0.2, 0) is 0 Å². The molecule has 1 aliphatic heterocycles. The van der Waals surface area contributed by atoms with Crippen LogP contribution in [0.4, 0.5) is 0 Å². The molecule has 0 saturated carbocycles. The summed E-state index contributed by atoms with van der Waals surface area (Å²) in [6.45, 7) is 11.9. The largest absolute Gasteiger partial charge is 1.00 e. The first-order valence-corrected chi connectivity index (χ1v) is 15.9. The number of hydrogen-bond acceptors (Lipinski definition) is 0. The van der Waals surface area contributed by atoms with Crippen LogP contribution in [0.5, 0.6) is 0 Å². The fourth-order valence-corrected chi connectivity index (χ4v) is 14.3. The second-order valence-corrected chi connectivity index (χ2v) is 16.8. The van der Waals surface area contributed by atoms with Crippen LogP contribution in [0.25, 0.3) is 11.1 Å². The van der Waals surface area contributed by atoms with Crippen molar-refractivity contribution in [3.05, 3.63) is 82.3 Å². The van der Waals surface area contributed by atoms with Crippen LogP contribution < -0.4 is 18.9 Å². The molecular weight excluding hydrogens is 363 g/mol. The van der Waals surface area contributed by atoms with Crippen LogP contribution in [0.15, 0.2) is 65.5 Å². The van der Waals surface area contributed by atoms with Gasteiger partial charge in [0.25, 0.3) is 0 Å². The first kappa shape index (κ1) is 22.8. The van der Waals surface area contributed by atoms with Crippen molar-refractivity contribution in [3.8, 4) is 11.5 Å². The van der Waals surface area contributed by atoms with Crippen molar-refractivity contribution < 1.29 is 18.9 Å². The van der Waals surface area contributed by atoms with Gasteiger partial charge in [-0.1, -0.05) is 87.2 Å². The summed E-state index contributed by atoms with van der Waals surface area (Å²) in [5.74, 6) is 3.48.